The Kier molecular flexibility index (Phi) is 2.77. The molecule has 0 heterocycles. The van der Waals surface area contributed by atoms with E-state index in [1.165, 1.54) is 0 Å². The molecular weight excluding hydrogens is 276 g/mol. The maximum Gasteiger partial charge on any atom is 0.325 e. The van der Waals surface area contributed by atoms with Gasteiger partial charge in [-0.2, -0.15) is 0 Å². The van der Waals surface area contributed by atoms with Crippen molar-refractivity contribution in [3.63, 3.8) is 0 Å². The zero-order valence-electron chi connectivity index (χ0n) is 11.4. The molecule has 4 nitrogen and oxygen atoms in total. The lowest BCUT2D eigenvalue weighted by molar-refractivity contribution is -0.137. The van der Waals surface area contributed by atoms with Crippen molar-refractivity contribution in [2.45, 2.75) is 42.1 Å². The number of carbonyl (C=O) groups is 1. The lowest BCUT2D eigenvalue weighted by Crippen LogP contribution is -2.41. The van der Waals surface area contributed by atoms with Crippen LogP contribution in [-0.4, -0.2) is 29.0 Å². The normalized spacial score (nSPS) is 30.8. The van der Waals surface area contributed by atoms with Gasteiger partial charge in [0.05, 0.1) is 4.75 Å². The van der Waals surface area contributed by atoms with Gasteiger partial charge < -0.3 is 5.11 Å². The zero-order chi connectivity index (χ0) is 14.6. The van der Waals surface area contributed by atoms with Crippen molar-refractivity contribution < 1.29 is 18.3 Å². The highest BCUT2D eigenvalue weighted by atomic mass is 32.2. The van der Waals surface area contributed by atoms with Crippen molar-refractivity contribution >= 4 is 15.8 Å². The van der Waals surface area contributed by atoms with Gasteiger partial charge in [-0.1, -0.05) is 30.3 Å². The number of rotatable bonds is 5. The summed E-state index contributed by atoms with van der Waals surface area (Å²) in [6.45, 7) is 1.67. The van der Waals surface area contributed by atoms with Crippen molar-refractivity contribution in [1.82, 2.24) is 0 Å². The highest BCUT2D eigenvalue weighted by Gasteiger charge is 2.74. The second-order valence-electron chi connectivity index (χ2n) is 6.24. The maximum atomic E-state index is 12.7. The first-order valence-electron chi connectivity index (χ1n) is 6.85. The average Bonchev–Trinajstić information content (AvgIpc) is 3.28. The molecule has 0 spiro atoms. The van der Waals surface area contributed by atoms with Crippen molar-refractivity contribution in [2.24, 2.45) is 5.92 Å². The fourth-order valence-electron chi connectivity index (χ4n) is 3.03. The van der Waals surface area contributed by atoms with E-state index in [4.69, 9.17) is 0 Å². The minimum Gasteiger partial charge on any atom is -0.480 e. The fraction of sp³-hybridized carbons (Fsp3) is 0.533. The highest BCUT2D eigenvalue weighted by molar-refractivity contribution is 7.95. The number of hydrogen-bond donors (Lipinski definition) is 1. The first-order chi connectivity index (χ1) is 9.33. The minimum atomic E-state index is -3.62. The van der Waals surface area contributed by atoms with Crippen molar-refractivity contribution in [2.75, 3.05) is 0 Å². The van der Waals surface area contributed by atoms with Gasteiger partial charge >= 0.3 is 5.97 Å². The molecule has 1 N–H and O–H groups in total. The summed E-state index contributed by atoms with van der Waals surface area (Å²) >= 11 is 0. The van der Waals surface area contributed by atoms with E-state index in [0.29, 0.717) is 19.3 Å². The predicted octanol–water partition coefficient (Wildman–Crippen LogP) is 2.04. The molecule has 5 heteroatoms. The number of aliphatic carboxylic acids is 1. The Hall–Kier alpha value is -1.36. The third-order valence-corrected chi connectivity index (χ3v) is 8.16. The van der Waals surface area contributed by atoms with Crippen LogP contribution in [0.4, 0.5) is 0 Å². The van der Waals surface area contributed by atoms with Gasteiger partial charge in [0.25, 0.3) is 0 Å². The third kappa shape index (κ3) is 1.72. The molecule has 0 bridgehead atoms. The summed E-state index contributed by atoms with van der Waals surface area (Å²) in [5, 5.41) is 9.50. The molecule has 0 aliphatic heterocycles. The van der Waals surface area contributed by atoms with E-state index in [2.05, 4.69) is 0 Å². The molecule has 0 saturated heterocycles. The number of sulfone groups is 1. The van der Waals surface area contributed by atoms with Crippen LogP contribution in [0.1, 0.15) is 31.7 Å². The summed E-state index contributed by atoms with van der Waals surface area (Å²) in [6.07, 6.45) is 1.93. The first kappa shape index (κ1) is 13.6. The molecule has 2 atom stereocenters. The smallest absolute Gasteiger partial charge is 0.325 e. The predicted molar refractivity (Wildman–Crippen MR) is 75.2 cm³/mol. The van der Waals surface area contributed by atoms with Gasteiger partial charge in [0, 0.05) is 0 Å². The van der Waals surface area contributed by atoms with Crippen LogP contribution in [0.2, 0.25) is 0 Å². The van der Waals surface area contributed by atoms with E-state index in [-0.39, 0.29) is 12.3 Å². The number of carboxylic acid groups (broad SMARTS) is 1. The van der Waals surface area contributed by atoms with Crippen molar-refractivity contribution in [1.29, 1.82) is 0 Å². The lowest BCUT2D eigenvalue weighted by atomic mass is 10.1. The van der Waals surface area contributed by atoms with Gasteiger partial charge in [0.15, 0.2) is 14.6 Å². The summed E-state index contributed by atoms with van der Waals surface area (Å²) in [5.41, 5.74) is 0.997. The van der Waals surface area contributed by atoms with E-state index in [9.17, 15) is 18.3 Å². The zero-order valence-corrected chi connectivity index (χ0v) is 12.2. The number of hydrogen-bond acceptors (Lipinski definition) is 3. The van der Waals surface area contributed by atoms with Crippen LogP contribution < -0.4 is 0 Å². The van der Waals surface area contributed by atoms with Gasteiger partial charge in [0.2, 0.25) is 0 Å². The van der Waals surface area contributed by atoms with Gasteiger partial charge in [-0.15, -0.1) is 0 Å². The quantitative estimate of drug-likeness (QED) is 0.902. The van der Waals surface area contributed by atoms with Crippen LogP contribution >= 0.6 is 0 Å². The monoisotopic (exact) mass is 294 g/mol. The van der Waals surface area contributed by atoms with E-state index < -0.39 is 25.3 Å². The molecule has 3 rings (SSSR count). The highest BCUT2D eigenvalue weighted by Crippen LogP contribution is 2.60. The van der Waals surface area contributed by atoms with Crippen LogP contribution in [-0.2, 0) is 21.1 Å². The topological polar surface area (TPSA) is 71.4 Å². The Morgan fingerprint density at radius 2 is 1.90 bits per heavy atom. The molecule has 2 aliphatic carbocycles. The molecular formula is C15H18O4S. The van der Waals surface area contributed by atoms with Gasteiger partial charge in [-0.3, -0.25) is 4.79 Å². The lowest BCUT2D eigenvalue weighted by Gasteiger charge is -2.19. The van der Waals surface area contributed by atoms with Crippen LogP contribution in [0, 0.1) is 5.92 Å². The van der Waals surface area contributed by atoms with E-state index in [1.54, 1.807) is 6.92 Å². The summed E-state index contributed by atoms with van der Waals surface area (Å²) in [4.78, 5) is 11.6. The summed E-state index contributed by atoms with van der Waals surface area (Å²) in [6, 6.07) is 9.49. The molecule has 0 aromatic heterocycles. The number of benzene rings is 1. The Balaban J connectivity index is 1.89. The summed E-state index contributed by atoms with van der Waals surface area (Å²) < 4.78 is 23.0. The standard InChI is InChI=1S/C15H18O4S/c1-14(7-8-14)20(18,19)15(13(16)17)10-12(15)9-11-5-3-2-4-6-11/h2-6,12H,7-10H2,1H3,(H,16,17). The molecule has 108 valence electrons. The molecule has 2 unspecified atom stereocenters. The minimum absolute atomic E-state index is 0.245. The Labute approximate surface area is 118 Å². The fourth-order valence-corrected chi connectivity index (χ4v) is 5.72. The largest absolute Gasteiger partial charge is 0.480 e. The Morgan fingerprint density at radius 1 is 1.30 bits per heavy atom. The van der Waals surface area contributed by atoms with Crippen molar-refractivity contribution in [3.8, 4) is 0 Å². The molecule has 1 aromatic rings. The SMILES string of the molecule is CC1(S(=O)(=O)C2(C(=O)O)CC2Cc2ccccc2)CC1. The van der Waals surface area contributed by atoms with Gasteiger partial charge in [0.1, 0.15) is 0 Å². The summed E-state index contributed by atoms with van der Waals surface area (Å²) in [5.74, 6) is -1.48. The number of carboxylic acids is 1. The molecule has 2 aliphatic rings. The summed E-state index contributed by atoms with van der Waals surface area (Å²) in [7, 11) is -3.62. The second kappa shape index (κ2) is 4.07. The van der Waals surface area contributed by atoms with Gasteiger partial charge in [-0.05, 0) is 44.1 Å². The average molecular weight is 294 g/mol. The third-order valence-electron chi connectivity index (χ3n) is 4.82. The first-order valence-corrected chi connectivity index (χ1v) is 8.33. The molecule has 0 radical (unpaired) electrons. The van der Waals surface area contributed by atoms with Crippen LogP contribution in [0.25, 0.3) is 0 Å². The van der Waals surface area contributed by atoms with Crippen LogP contribution in [0.3, 0.4) is 0 Å². The van der Waals surface area contributed by atoms with Crippen LogP contribution in [0.15, 0.2) is 30.3 Å². The molecule has 0 amide bonds. The maximum absolute atomic E-state index is 12.7. The van der Waals surface area contributed by atoms with E-state index in [0.717, 1.165) is 5.56 Å². The molecule has 2 saturated carbocycles. The van der Waals surface area contributed by atoms with Gasteiger partial charge in [-0.25, -0.2) is 8.42 Å². The molecule has 20 heavy (non-hydrogen) atoms. The van der Waals surface area contributed by atoms with Crippen LogP contribution in [0.5, 0.6) is 0 Å². The molecule has 1 aromatic carbocycles. The molecule has 2 fully saturated rings. The Bertz CT molecular complexity index is 646. The second-order valence-corrected chi connectivity index (χ2v) is 8.96. The van der Waals surface area contributed by atoms with E-state index >= 15 is 0 Å². The van der Waals surface area contributed by atoms with Crippen molar-refractivity contribution in [3.05, 3.63) is 35.9 Å². The Morgan fingerprint density at radius 3 is 2.40 bits per heavy atom. The van der Waals surface area contributed by atoms with E-state index in [1.807, 2.05) is 30.3 Å².